The number of halogens is 1. The van der Waals surface area contributed by atoms with Crippen molar-refractivity contribution in [3.8, 4) is 5.75 Å². The number of imide groups is 1. The zero-order chi connectivity index (χ0) is 26.6. The van der Waals surface area contributed by atoms with E-state index in [1.807, 2.05) is 61.5 Å². The first-order chi connectivity index (χ1) is 18.4. The van der Waals surface area contributed by atoms with Gasteiger partial charge in [-0.25, -0.2) is 9.69 Å². The van der Waals surface area contributed by atoms with Gasteiger partial charge in [-0.1, -0.05) is 60.7 Å². The number of nitrogens with one attached hydrogen (secondary N) is 2. The van der Waals surface area contributed by atoms with Crippen LogP contribution in [0.5, 0.6) is 5.75 Å². The second-order valence-electron chi connectivity index (χ2n) is 8.91. The van der Waals surface area contributed by atoms with E-state index in [9.17, 15) is 14.4 Å². The lowest BCUT2D eigenvalue weighted by Crippen LogP contribution is -2.38. The van der Waals surface area contributed by atoms with Gasteiger partial charge < -0.3 is 15.4 Å². The van der Waals surface area contributed by atoms with E-state index in [1.54, 1.807) is 12.1 Å². The van der Waals surface area contributed by atoms with Crippen LogP contribution < -0.4 is 15.4 Å². The molecule has 0 unspecified atom stereocenters. The summed E-state index contributed by atoms with van der Waals surface area (Å²) in [4.78, 5) is 38.6. The van der Waals surface area contributed by atoms with E-state index in [0.29, 0.717) is 12.3 Å². The Bertz CT molecular complexity index is 1590. The van der Waals surface area contributed by atoms with Gasteiger partial charge in [0.2, 0.25) is 5.91 Å². The van der Waals surface area contributed by atoms with Crippen molar-refractivity contribution in [3.05, 3.63) is 111 Å². The van der Waals surface area contributed by atoms with Crippen LogP contribution in [0.25, 0.3) is 16.8 Å². The Morgan fingerprint density at radius 3 is 2.61 bits per heavy atom. The van der Waals surface area contributed by atoms with E-state index in [0.717, 1.165) is 41.7 Å². The number of urea groups is 1. The van der Waals surface area contributed by atoms with Gasteiger partial charge in [0, 0.05) is 5.69 Å². The summed E-state index contributed by atoms with van der Waals surface area (Å²) < 4.78 is 6.96. The van der Waals surface area contributed by atoms with Gasteiger partial charge in [-0.05, 0) is 87.3 Å². The normalized spacial score (nSPS) is 14.2. The number of aryl methyl sites for hydroxylation is 1. The maximum absolute atomic E-state index is 12.8. The average molecular weight is 617 g/mol. The van der Waals surface area contributed by atoms with Crippen LogP contribution in [-0.4, -0.2) is 29.3 Å². The minimum Gasteiger partial charge on any atom is -0.488 e. The molecule has 4 amide bonds. The molecule has 2 N–H and O–H groups in total. The summed E-state index contributed by atoms with van der Waals surface area (Å²) in [7, 11) is 0. The molecule has 1 heterocycles. The van der Waals surface area contributed by atoms with Crippen LogP contribution in [-0.2, 0) is 16.2 Å². The molecule has 1 aliphatic rings. The number of carbonyl (C=O) groups is 3. The van der Waals surface area contributed by atoms with Crippen LogP contribution in [0.2, 0.25) is 0 Å². The third-order valence-electron chi connectivity index (χ3n) is 6.10. The third kappa shape index (κ3) is 5.70. The minimum atomic E-state index is -0.634. The summed E-state index contributed by atoms with van der Waals surface area (Å²) >= 11 is 2.19. The molecule has 5 rings (SSSR count). The van der Waals surface area contributed by atoms with Crippen molar-refractivity contribution in [2.24, 2.45) is 0 Å². The summed E-state index contributed by atoms with van der Waals surface area (Å²) in [6.07, 6.45) is 1.59. The fourth-order valence-electron chi connectivity index (χ4n) is 4.25. The number of carbonyl (C=O) groups excluding carboxylic acids is 3. The van der Waals surface area contributed by atoms with Crippen molar-refractivity contribution in [1.82, 2.24) is 10.2 Å². The number of ether oxygens (including phenoxy) is 1. The molecule has 1 aliphatic heterocycles. The first kappa shape index (κ1) is 25.5. The quantitative estimate of drug-likeness (QED) is 0.155. The first-order valence-corrected chi connectivity index (χ1v) is 13.1. The highest BCUT2D eigenvalue weighted by molar-refractivity contribution is 14.1. The molecule has 8 heteroatoms. The van der Waals surface area contributed by atoms with Crippen LogP contribution in [0, 0.1) is 10.5 Å². The van der Waals surface area contributed by atoms with E-state index in [2.05, 4.69) is 57.5 Å². The monoisotopic (exact) mass is 617 g/mol. The number of hydrogen-bond acceptors (Lipinski definition) is 4. The number of benzene rings is 4. The smallest absolute Gasteiger partial charge is 0.329 e. The van der Waals surface area contributed by atoms with E-state index in [-0.39, 0.29) is 12.2 Å². The Labute approximate surface area is 233 Å². The van der Waals surface area contributed by atoms with Crippen molar-refractivity contribution in [1.29, 1.82) is 0 Å². The first-order valence-electron chi connectivity index (χ1n) is 12.0. The molecule has 0 spiro atoms. The van der Waals surface area contributed by atoms with Gasteiger partial charge in [-0.15, -0.1) is 0 Å². The summed E-state index contributed by atoms with van der Waals surface area (Å²) in [5.74, 6) is -0.291. The molecule has 0 radical (unpaired) electrons. The number of nitrogens with zero attached hydrogens (tertiary/aromatic N) is 1. The second kappa shape index (κ2) is 11.1. The molecule has 190 valence electrons. The highest BCUT2D eigenvalue weighted by atomic mass is 127. The summed E-state index contributed by atoms with van der Waals surface area (Å²) in [5, 5.41) is 7.59. The molecular formula is C30H24IN3O4. The number of rotatable bonds is 7. The van der Waals surface area contributed by atoms with Crippen molar-refractivity contribution < 1.29 is 19.1 Å². The molecule has 0 aliphatic carbocycles. The summed E-state index contributed by atoms with van der Waals surface area (Å²) in [6, 6.07) is 26.5. The maximum atomic E-state index is 12.8. The van der Waals surface area contributed by atoms with Gasteiger partial charge in [0.25, 0.3) is 5.91 Å². The number of hydrogen-bond donors (Lipinski definition) is 2. The molecule has 0 saturated carbocycles. The van der Waals surface area contributed by atoms with Crippen LogP contribution in [0.15, 0.2) is 90.6 Å². The van der Waals surface area contributed by atoms with E-state index >= 15 is 0 Å². The van der Waals surface area contributed by atoms with Gasteiger partial charge in [0.15, 0.2) is 0 Å². The maximum Gasteiger partial charge on any atom is 0.329 e. The number of anilines is 1. The third-order valence-corrected chi connectivity index (χ3v) is 6.94. The lowest BCUT2D eigenvalue weighted by molar-refractivity contribution is -0.127. The zero-order valence-electron chi connectivity index (χ0n) is 20.5. The Morgan fingerprint density at radius 2 is 1.79 bits per heavy atom. The van der Waals surface area contributed by atoms with Crippen LogP contribution in [0.3, 0.4) is 0 Å². The largest absolute Gasteiger partial charge is 0.488 e. The van der Waals surface area contributed by atoms with Crippen molar-refractivity contribution in [2.75, 3.05) is 11.9 Å². The molecule has 0 aromatic heterocycles. The van der Waals surface area contributed by atoms with Crippen molar-refractivity contribution in [3.63, 3.8) is 0 Å². The van der Waals surface area contributed by atoms with E-state index < -0.39 is 17.8 Å². The van der Waals surface area contributed by atoms with Gasteiger partial charge in [0.1, 0.15) is 24.6 Å². The number of fused-ring (bicyclic) bond motifs is 1. The SMILES string of the molecule is Cc1cccc(NC(=O)CN2C(=O)N/C(=C/c3ccc(OCc4cccc5ccccc45)c(I)c3)C2=O)c1. The lowest BCUT2D eigenvalue weighted by Gasteiger charge is -2.12. The minimum absolute atomic E-state index is 0.110. The highest BCUT2D eigenvalue weighted by Gasteiger charge is 2.35. The Kier molecular flexibility index (Phi) is 7.41. The molecule has 4 aromatic carbocycles. The molecule has 0 atom stereocenters. The average Bonchev–Trinajstić information content (AvgIpc) is 3.15. The van der Waals surface area contributed by atoms with Gasteiger partial charge in [-0.3, -0.25) is 9.59 Å². The molecular weight excluding hydrogens is 593 g/mol. The van der Waals surface area contributed by atoms with Crippen LogP contribution >= 0.6 is 22.6 Å². The topological polar surface area (TPSA) is 87.7 Å². The number of amides is 4. The summed E-state index contributed by atoms with van der Waals surface area (Å²) in [6.45, 7) is 1.95. The zero-order valence-corrected chi connectivity index (χ0v) is 22.7. The second-order valence-corrected chi connectivity index (χ2v) is 10.1. The predicted octanol–water partition coefficient (Wildman–Crippen LogP) is 5.86. The van der Waals surface area contributed by atoms with E-state index in [4.69, 9.17) is 4.74 Å². The summed E-state index contributed by atoms with van der Waals surface area (Å²) in [5.41, 5.74) is 3.52. The van der Waals surface area contributed by atoms with Crippen molar-refractivity contribution >= 4 is 63.0 Å². The fourth-order valence-corrected chi connectivity index (χ4v) is 4.94. The van der Waals surface area contributed by atoms with Gasteiger partial charge in [-0.2, -0.15) is 0 Å². The Morgan fingerprint density at radius 1 is 1.00 bits per heavy atom. The predicted molar refractivity (Wildman–Crippen MR) is 155 cm³/mol. The molecule has 38 heavy (non-hydrogen) atoms. The van der Waals surface area contributed by atoms with Gasteiger partial charge >= 0.3 is 6.03 Å². The van der Waals surface area contributed by atoms with E-state index in [1.165, 1.54) is 0 Å². The molecule has 0 bridgehead atoms. The Balaban J connectivity index is 1.24. The molecule has 4 aromatic rings. The Hall–Kier alpha value is -4.18. The fraction of sp³-hybridized carbons (Fsp3) is 0.100. The van der Waals surface area contributed by atoms with Crippen LogP contribution in [0.4, 0.5) is 10.5 Å². The molecule has 1 saturated heterocycles. The van der Waals surface area contributed by atoms with Crippen LogP contribution in [0.1, 0.15) is 16.7 Å². The highest BCUT2D eigenvalue weighted by Crippen LogP contribution is 2.26. The van der Waals surface area contributed by atoms with Gasteiger partial charge in [0.05, 0.1) is 3.57 Å². The standard InChI is InChI=1S/C30H24IN3O4/c1-19-6-4-10-23(14-19)32-28(35)17-34-29(36)26(33-30(34)37)16-20-12-13-27(25(31)15-20)38-18-22-9-5-8-21-7-2-3-11-24(21)22/h2-16H,17-18H2,1H3,(H,32,35)(H,33,37)/b26-16+. The molecule has 7 nitrogen and oxygen atoms in total. The lowest BCUT2D eigenvalue weighted by atomic mass is 10.1. The molecule has 1 fully saturated rings. The van der Waals surface area contributed by atoms with Crippen molar-refractivity contribution in [2.45, 2.75) is 13.5 Å².